The third-order valence-corrected chi connectivity index (χ3v) is 2.28. The summed E-state index contributed by atoms with van der Waals surface area (Å²) in [6, 6.07) is 0. The minimum Gasteiger partial charge on any atom is -0.302 e. The van der Waals surface area contributed by atoms with E-state index in [0.717, 1.165) is 15.4 Å². The van der Waals surface area contributed by atoms with Crippen molar-refractivity contribution < 1.29 is 0 Å². The van der Waals surface area contributed by atoms with Crippen LogP contribution >= 0.6 is 34.1 Å². The van der Waals surface area contributed by atoms with Crippen molar-refractivity contribution in [3.63, 3.8) is 0 Å². The van der Waals surface area contributed by atoms with E-state index in [1.54, 1.807) is 0 Å². The molecule has 0 fully saturated rings. The van der Waals surface area contributed by atoms with Gasteiger partial charge in [-0.3, -0.25) is 0 Å². The molecular weight excluding hydrogens is 261 g/mol. The van der Waals surface area contributed by atoms with Gasteiger partial charge in [-0.2, -0.15) is 4.37 Å². The molecule has 56 valence electrons. The number of hydrogen-bond donors (Lipinski definition) is 0. The van der Waals surface area contributed by atoms with Crippen molar-refractivity contribution in [3.8, 4) is 0 Å². The highest BCUT2D eigenvalue weighted by Gasteiger charge is 2.00. The maximum Gasteiger partial charge on any atom is 0.174 e. The lowest BCUT2D eigenvalue weighted by molar-refractivity contribution is 0.392. The lowest BCUT2D eigenvalue weighted by atomic mass is 10.6. The lowest BCUT2D eigenvalue weighted by Gasteiger charge is -2.03. The molecule has 3 nitrogen and oxygen atoms in total. The molecule has 0 unspecified atom stereocenters. The largest absolute Gasteiger partial charge is 0.302 e. The summed E-state index contributed by atoms with van der Waals surface area (Å²) in [7, 11) is 4.02. The van der Waals surface area contributed by atoms with Crippen LogP contribution in [0.5, 0.6) is 0 Å². The third kappa shape index (κ3) is 2.47. The fourth-order valence-electron chi connectivity index (χ4n) is 0.580. The van der Waals surface area contributed by atoms with E-state index in [9.17, 15) is 0 Å². The van der Waals surface area contributed by atoms with Gasteiger partial charge in [0.25, 0.3) is 0 Å². The molecule has 0 N–H and O–H groups in total. The van der Waals surface area contributed by atoms with Gasteiger partial charge in [0.2, 0.25) is 0 Å². The second-order valence-corrected chi connectivity index (χ2v) is 4.71. The Hall–Kier alpha value is 0.250. The van der Waals surface area contributed by atoms with Crippen LogP contribution in [0.15, 0.2) is 0 Å². The molecule has 0 aliphatic rings. The summed E-state index contributed by atoms with van der Waals surface area (Å²) in [4.78, 5) is 6.26. The molecule has 1 rings (SSSR count). The van der Waals surface area contributed by atoms with Gasteiger partial charge in [-0.15, -0.1) is 0 Å². The highest BCUT2D eigenvalue weighted by atomic mass is 127. The molecule has 0 saturated carbocycles. The highest BCUT2D eigenvalue weighted by Crippen LogP contribution is 2.07. The summed E-state index contributed by atoms with van der Waals surface area (Å²) in [5, 5.41) is 0. The Kier molecular flexibility index (Phi) is 2.99. The maximum atomic E-state index is 4.20. The number of hydrogen-bond acceptors (Lipinski definition) is 4. The Morgan fingerprint density at radius 2 is 2.30 bits per heavy atom. The monoisotopic (exact) mass is 269 g/mol. The predicted molar refractivity (Wildman–Crippen MR) is 50.0 cm³/mol. The van der Waals surface area contributed by atoms with Crippen LogP contribution in [0.1, 0.15) is 5.82 Å². The van der Waals surface area contributed by atoms with Gasteiger partial charge in [0.05, 0.1) is 6.54 Å². The molecule has 0 aromatic carbocycles. The van der Waals surface area contributed by atoms with Crippen molar-refractivity contribution in [2.45, 2.75) is 6.54 Å². The van der Waals surface area contributed by atoms with Crippen LogP contribution in [0, 0.1) is 3.01 Å². The first-order valence-electron chi connectivity index (χ1n) is 2.81. The lowest BCUT2D eigenvalue weighted by Crippen LogP contribution is -2.11. The molecule has 0 spiro atoms. The average molecular weight is 269 g/mol. The fraction of sp³-hybridized carbons (Fsp3) is 0.600. The fourth-order valence-corrected chi connectivity index (χ4v) is 1.58. The van der Waals surface area contributed by atoms with Gasteiger partial charge >= 0.3 is 0 Å². The summed E-state index contributed by atoms with van der Waals surface area (Å²) in [6.45, 7) is 0.833. The first-order chi connectivity index (χ1) is 4.68. The maximum absolute atomic E-state index is 4.20. The summed E-state index contributed by atoms with van der Waals surface area (Å²) in [5.41, 5.74) is 0. The molecule has 1 heterocycles. The van der Waals surface area contributed by atoms with E-state index in [4.69, 9.17) is 0 Å². The normalized spacial score (nSPS) is 10.8. The van der Waals surface area contributed by atoms with E-state index in [0.29, 0.717) is 0 Å². The van der Waals surface area contributed by atoms with Crippen LogP contribution in [0.4, 0.5) is 0 Å². The van der Waals surface area contributed by atoms with E-state index in [1.165, 1.54) is 11.5 Å². The topological polar surface area (TPSA) is 29.0 Å². The second-order valence-electron chi connectivity index (χ2n) is 2.20. The molecule has 0 bridgehead atoms. The molecule has 0 aliphatic carbocycles. The van der Waals surface area contributed by atoms with Gasteiger partial charge in [0.1, 0.15) is 0 Å². The molecular formula is C5H8IN3S. The zero-order valence-corrected chi connectivity index (χ0v) is 8.81. The van der Waals surface area contributed by atoms with Gasteiger partial charge < -0.3 is 4.90 Å². The van der Waals surface area contributed by atoms with Gasteiger partial charge in [0.15, 0.2) is 8.84 Å². The van der Waals surface area contributed by atoms with Crippen molar-refractivity contribution in [3.05, 3.63) is 8.84 Å². The molecule has 0 amide bonds. The summed E-state index contributed by atoms with van der Waals surface area (Å²) < 4.78 is 5.15. The van der Waals surface area contributed by atoms with Crippen LogP contribution < -0.4 is 0 Å². The van der Waals surface area contributed by atoms with Gasteiger partial charge in [-0.1, -0.05) is 0 Å². The molecule has 0 aliphatic heterocycles. The van der Waals surface area contributed by atoms with E-state index in [2.05, 4.69) is 36.8 Å². The van der Waals surface area contributed by atoms with Crippen LogP contribution in [0.3, 0.4) is 0 Å². The number of aromatic nitrogens is 2. The number of nitrogens with zero attached hydrogens (tertiary/aromatic N) is 3. The second kappa shape index (κ2) is 3.59. The average Bonchev–Trinajstić information content (AvgIpc) is 2.13. The minimum absolute atomic E-state index is 0.833. The SMILES string of the molecule is CN(C)Cc1nsc(I)n1. The highest BCUT2D eigenvalue weighted by molar-refractivity contribution is 14.1. The zero-order chi connectivity index (χ0) is 7.56. The minimum atomic E-state index is 0.833. The molecule has 10 heavy (non-hydrogen) atoms. The van der Waals surface area contributed by atoms with Crippen molar-refractivity contribution in [1.82, 2.24) is 14.3 Å². The third-order valence-electron chi connectivity index (χ3n) is 0.901. The van der Waals surface area contributed by atoms with Crippen LogP contribution in [-0.4, -0.2) is 28.4 Å². The van der Waals surface area contributed by atoms with E-state index in [1.807, 2.05) is 14.1 Å². The predicted octanol–water partition coefficient (Wildman–Crippen LogP) is 1.20. The van der Waals surface area contributed by atoms with Crippen molar-refractivity contribution in [2.75, 3.05) is 14.1 Å². The molecule has 1 aromatic rings. The first kappa shape index (κ1) is 8.35. The zero-order valence-electron chi connectivity index (χ0n) is 5.83. The molecule has 0 atom stereocenters. The Bertz CT molecular complexity index is 210. The van der Waals surface area contributed by atoms with Crippen molar-refractivity contribution >= 4 is 34.1 Å². The number of rotatable bonds is 2. The summed E-state index contributed by atoms with van der Waals surface area (Å²) in [5.74, 6) is 0.916. The number of halogens is 1. The van der Waals surface area contributed by atoms with E-state index in [-0.39, 0.29) is 0 Å². The first-order valence-corrected chi connectivity index (χ1v) is 4.66. The summed E-state index contributed by atoms with van der Waals surface area (Å²) in [6.07, 6.45) is 0. The molecule has 0 saturated heterocycles. The van der Waals surface area contributed by atoms with Gasteiger partial charge in [0, 0.05) is 0 Å². The molecule has 0 radical (unpaired) electrons. The Morgan fingerprint density at radius 3 is 2.70 bits per heavy atom. The molecule has 5 heteroatoms. The van der Waals surface area contributed by atoms with Crippen LogP contribution in [-0.2, 0) is 6.54 Å². The molecule has 1 aromatic heterocycles. The van der Waals surface area contributed by atoms with E-state index >= 15 is 0 Å². The smallest absolute Gasteiger partial charge is 0.174 e. The Morgan fingerprint density at radius 1 is 1.60 bits per heavy atom. The summed E-state index contributed by atoms with van der Waals surface area (Å²) >= 11 is 3.62. The van der Waals surface area contributed by atoms with E-state index < -0.39 is 0 Å². The van der Waals surface area contributed by atoms with Gasteiger partial charge in [-0.05, 0) is 48.2 Å². The Labute approximate surface area is 77.8 Å². The van der Waals surface area contributed by atoms with Gasteiger partial charge in [-0.25, -0.2) is 4.98 Å². The quantitative estimate of drug-likeness (QED) is 0.755. The van der Waals surface area contributed by atoms with Crippen LogP contribution in [0.2, 0.25) is 0 Å². The standard InChI is InChI=1S/C5H8IN3S/c1-9(2)3-4-7-5(6)10-8-4/h3H2,1-2H3. The van der Waals surface area contributed by atoms with Crippen LogP contribution in [0.25, 0.3) is 0 Å². The van der Waals surface area contributed by atoms with Crippen molar-refractivity contribution in [2.24, 2.45) is 0 Å². The Balaban J connectivity index is 2.58. The van der Waals surface area contributed by atoms with Crippen molar-refractivity contribution in [1.29, 1.82) is 0 Å².